The van der Waals surface area contributed by atoms with Crippen LogP contribution in [0.4, 0.5) is 0 Å². The lowest BCUT2D eigenvalue weighted by Crippen LogP contribution is -2.46. The van der Waals surface area contributed by atoms with Crippen LogP contribution >= 0.6 is 11.3 Å². The molecule has 0 saturated carbocycles. The molecule has 1 aromatic carbocycles. The number of ether oxygens (including phenoxy) is 1. The first-order chi connectivity index (χ1) is 13.4. The predicted molar refractivity (Wildman–Crippen MR) is 112 cm³/mol. The maximum Gasteiger partial charge on any atom is 0.265 e. The highest BCUT2D eigenvalue weighted by Crippen LogP contribution is 2.36. The van der Waals surface area contributed by atoms with Crippen LogP contribution < -0.4 is 10.1 Å². The first-order valence-corrected chi connectivity index (χ1v) is 11.9. The van der Waals surface area contributed by atoms with E-state index in [4.69, 9.17) is 4.74 Å². The van der Waals surface area contributed by atoms with Crippen molar-refractivity contribution in [3.05, 3.63) is 41.3 Å². The Morgan fingerprint density at radius 3 is 2.54 bits per heavy atom. The predicted octanol–water partition coefficient (Wildman–Crippen LogP) is 3.36. The number of methoxy groups -OCH3 is 1. The van der Waals surface area contributed by atoms with Gasteiger partial charge in [0, 0.05) is 24.0 Å². The minimum Gasteiger partial charge on any atom is -0.495 e. The molecule has 0 spiro atoms. The molecule has 0 radical (unpaired) electrons. The number of amides is 1. The van der Waals surface area contributed by atoms with Crippen molar-refractivity contribution in [1.82, 2.24) is 9.62 Å². The summed E-state index contributed by atoms with van der Waals surface area (Å²) >= 11 is 1.40. The number of hydrogen-bond acceptors (Lipinski definition) is 5. The van der Waals surface area contributed by atoms with E-state index in [1.165, 1.54) is 11.3 Å². The Hall–Kier alpha value is -1.90. The highest BCUT2D eigenvalue weighted by molar-refractivity contribution is 7.89. The third-order valence-corrected chi connectivity index (χ3v) is 8.07. The molecule has 0 unspecified atom stereocenters. The molecule has 2 heterocycles. The second kappa shape index (κ2) is 9.07. The normalized spacial score (nSPS) is 16.1. The fraction of sp³-hybridized carbons (Fsp3) is 0.450. The van der Waals surface area contributed by atoms with Crippen LogP contribution in [0.5, 0.6) is 5.75 Å². The van der Waals surface area contributed by atoms with Crippen molar-refractivity contribution in [3.8, 4) is 16.2 Å². The average Bonchev–Trinajstić information content (AvgIpc) is 3.14. The first-order valence-electron chi connectivity index (χ1n) is 9.46. The molecule has 28 heavy (non-hydrogen) atoms. The summed E-state index contributed by atoms with van der Waals surface area (Å²) in [7, 11) is -1.61. The summed E-state index contributed by atoms with van der Waals surface area (Å²) in [6.07, 6.45) is 1.85. The van der Waals surface area contributed by atoms with Gasteiger partial charge in [-0.15, -0.1) is 11.3 Å². The minimum absolute atomic E-state index is 0.0347. The van der Waals surface area contributed by atoms with Crippen LogP contribution in [0.25, 0.3) is 10.4 Å². The maximum absolute atomic E-state index is 12.8. The van der Waals surface area contributed by atoms with Crippen LogP contribution in [0.15, 0.2) is 36.4 Å². The van der Waals surface area contributed by atoms with Gasteiger partial charge in [-0.1, -0.05) is 37.3 Å². The molecule has 1 aliphatic rings. The topological polar surface area (TPSA) is 75.7 Å². The molecule has 1 amide bonds. The maximum atomic E-state index is 12.8. The molecule has 1 N–H and O–H groups in total. The highest BCUT2D eigenvalue weighted by Gasteiger charge is 2.29. The van der Waals surface area contributed by atoms with Gasteiger partial charge in [0.1, 0.15) is 10.6 Å². The smallest absolute Gasteiger partial charge is 0.265 e. The van der Waals surface area contributed by atoms with E-state index in [1.807, 2.05) is 43.3 Å². The number of carbonyl (C=O) groups is 1. The molecular weight excluding hydrogens is 396 g/mol. The Bertz CT molecular complexity index is 902. The van der Waals surface area contributed by atoms with E-state index in [1.54, 1.807) is 11.4 Å². The van der Waals surface area contributed by atoms with E-state index in [0.29, 0.717) is 43.0 Å². The summed E-state index contributed by atoms with van der Waals surface area (Å²) < 4.78 is 31.3. The zero-order valence-electron chi connectivity index (χ0n) is 16.2. The van der Waals surface area contributed by atoms with Crippen molar-refractivity contribution in [3.63, 3.8) is 0 Å². The number of piperidine rings is 1. The molecule has 6 nitrogen and oxygen atoms in total. The SMILES string of the molecule is CCCS(=O)(=O)N1CCC(NC(=O)c2sc(-c3ccccc3)cc2OC)CC1. The average molecular weight is 423 g/mol. The lowest BCUT2D eigenvalue weighted by molar-refractivity contribution is 0.0925. The number of nitrogens with zero attached hydrogens (tertiary/aromatic N) is 1. The standard InChI is InChI=1S/C20H26N2O4S2/c1-3-13-28(24,25)22-11-9-16(10-12-22)21-20(23)19-17(26-2)14-18(27-19)15-7-5-4-6-8-15/h4-8,14,16H,3,9-13H2,1-2H3,(H,21,23). The highest BCUT2D eigenvalue weighted by atomic mass is 32.2. The van der Waals surface area contributed by atoms with Gasteiger partial charge in [0.15, 0.2) is 0 Å². The number of rotatable bonds is 7. The minimum atomic E-state index is -3.17. The van der Waals surface area contributed by atoms with Crippen molar-refractivity contribution in [2.75, 3.05) is 26.0 Å². The van der Waals surface area contributed by atoms with E-state index in [2.05, 4.69) is 5.32 Å². The van der Waals surface area contributed by atoms with Gasteiger partial charge in [-0.05, 0) is 30.9 Å². The number of carbonyl (C=O) groups excluding carboxylic acids is 1. The second-order valence-corrected chi connectivity index (χ2v) is 9.98. The van der Waals surface area contributed by atoms with Gasteiger partial charge in [-0.2, -0.15) is 0 Å². The lowest BCUT2D eigenvalue weighted by Gasteiger charge is -2.31. The van der Waals surface area contributed by atoms with Crippen LogP contribution in [-0.2, 0) is 10.0 Å². The van der Waals surface area contributed by atoms with Gasteiger partial charge in [-0.25, -0.2) is 12.7 Å². The fourth-order valence-corrected chi connectivity index (χ4v) is 5.92. The van der Waals surface area contributed by atoms with Crippen molar-refractivity contribution in [2.45, 2.75) is 32.2 Å². The molecule has 2 aromatic rings. The zero-order valence-corrected chi connectivity index (χ0v) is 17.8. The molecule has 1 aliphatic heterocycles. The van der Waals surface area contributed by atoms with Crippen molar-refractivity contribution >= 4 is 27.3 Å². The number of sulfonamides is 1. The van der Waals surface area contributed by atoms with E-state index in [0.717, 1.165) is 10.4 Å². The van der Waals surface area contributed by atoms with Crippen molar-refractivity contribution in [2.24, 2.45) is 0 Å². The number of benzene rings is 1. The second-order valence-electron chi connectivity index (χ2n) is 6.84. The monoisotopic (exact) mass is 422 g/mol. The summed E-state index contributed by atoms with van der Waals surface area (Å²) in [5.74, 6) is 0.571. The Balaban J connectivity index is 1.65. The van der Waals surface area contributed by atoms with Crippen LogP contribution in [0.2, 0.25) is 0 Å². The molecule has 8 heteroatoms. The van der Waals surface area contributed by atoms with E-state index >= 15 is 0 Å². The van der Waals surface area contributed by atoms with Gasteiger partial charge in [0.25, 0.3) is 5.91 Å². The van der Waals surface area contributed by atoms with Gasteiger partial charge >= 0.3 is 0 Å². The van der Waals surface area contributed by atoms with Gasteiger partial charge in [-0.3, -0.25) is 4.79 Å². The van der Waals surface area contributed by atoms with Crippen LogP contribution in [0, 0.1) is 0 Å². The number of thiophene rings is 1. The Morgan fingerprint density at radius 1 is 1.25 bits per heavy atom. The molecular formula is C20H26N2O4S2. The zero-order chi connectivity index (χ0) is 20.1. The molecule has 1 saturated heterocycles. The number of nitrogens with one attached hydrogen (secondary N) is 1. The summed E-state index contributed by atoms with van der Waals surface area (Å²) in [6.45, 7) is 2.76. The summed E-state index contributed by atoms with van der Waals surface area (Å²) in [5, 5.41) is 3.05. The van der Waals surface area contributed by atoms with Gasteiger partial charge in [0.2, 0.25) is 10.0 Å². The van der Waals surface area contributed by atoms with Crippen LogP contribution in [0.3, 0.4) is 0 Å². The number of hydrogen-bond donors (Lipinski definition) is 1. The van der Waals surface area contributed by atoms with Gasteiger partial charge < -0.3 is 10.1 Å². The fourth-order valence-electron chi connectivity index (χ4n) is 3.35. The molecule has 0 aliphatic carbocycles. The first kappa shape index (κ1) is 20.8. The van der Waals surface area contributed by atoms with E-state index < -0.39 is 10.0 Å². The quantitative estimate of drug-likeness (QED) is 0.742. The molecule has 0 atom stereocenters. The third kappa shape index (κ3) is 4.74. The van der Waals surface area contributed by atoms with E-state index in [-0.39, 0.29) is 17.7 Å². The van der Waals surface area contributed by atoms with Gasteiger partial charge in [0.05, 0.1) is 12.9 Å². The third-order valence-electron chi connectivity index (χ3n) is 4.83. The Morgan fingerprint density at radius 2 is 1.93 bits per heavy atom. The molecule has 0 bridgehead atoms. The lowest BCUT2D eigenvalue weighted by atomic mass is 10.1. The Kier molecular flexibility index (Phi) is 6.74. The molecule has 1 fully saturated rings. The summed E-state index contributed by atoms with van der Waals surface area (Å²) in [5.41, 5.74) is 1.04. The van der Waals surface area contributed by atoms with Crippen molar-refractivity contribution < 1.29 is 17.9 Å². The molecule has 1 aromatic heterocycles. The largest absolute Gasteiger partial charge is 0.495 e. The molecule has 3 rings (SSSR count). The Labute approximate surface area is 170 Å². The van der Waals surface area contributed by atoms with E-state index in [9.17, 15) is 13.2 Å². The van der Waals surface area contributed by atoms with Crippen LogP contribution in [-0.4, -0.2) is 50.6 Å². The van der Waals surface area contributed by atoms with Crippen molar-refractivity contribution in [1.29, 1.82) is 0 Å². The molecule has 152 valence electrons. The van der Waals surface area contributed by atoms with Crippen LogP contribution in [0.1, 0.15) is 35.9 Å². The summed E-state index contributed by atoms with van der Waals surface area (Å²) in [6, 6.07) is 11.7. The summed E-state index contributed by atoms with van der Waals surface area (Å²) in [4.78, 5) is 14.3.